The molecule has 0 amide bonds. The van der Waals surface area contributed by atoms with Crippen molar-refractivity contribution in [3.63, 3.8) is 0 Å². The molecule has 21 heavy (non-hydrogen) atoms. The number of hydrogen-bond donors (Lipinski definition) is 1. The van der Waals surface area contributed by atoms with Crippen LogP contribution in [0.15, 0.2) is 42.5 Å². The van der Waals surface area contributed by atoms with Gasteiger partial charge in [-0.1, -0.05) is 18.2 Å². The summed E-state index contributed by atoms with van der Waals surface area (Å²) < 4.78 is 18.3. The minimum Gasteiger partial charge on any atom is -0.465 e. The van der Waals surface area contributed by atoms with E-state index in [1.807, 2.05) is 19.1 Å². The van der Waals surface area contributed by atoms with Crippen molar-refractivity contribution in [2.75, 3.05) is 12.4 Å². The Bertz CT molecular complexity index is 655. The Morgan fingerprint density at radius 2 is 2.00 bits per heavy atom. The molecule has 0 bridgehead atoms. The lowest BCUT2D eigenvalue weighted by atomic mass is 10.1. The second-order valence-electron chi connectivity index (χ2n) is 4.95. The number of aryl methyl sites for hydroxylation is 1. The molecule has 4 heteroatoms. The highest BCUT2D eigenvalue weighted by Crippen LogP contribution is 2.22. The fourth-order valence-electron chi connectivity index (χ4n) is 2.07. The lowest BCUT2D eigenvalue weighted by molar-refractivity contribution is 0.0601. The Kier molecular flexibility index (Phi) is 4.58. The van der Waals surface area contributed by atoms with Gasteiger partial charge in [-0.3, -0.25) is 0 Å². The van der Waals surface area contributed by atoms with Crippen LogP contribution in [-0.2, 0) is 4.74 Å². The highest BCUT2D eigenvalue weighted by atomic mass is 19.1. The summed E-state index contributed by atoms with van der Waals surface area (Å²) in [7, 11) is 1.35. The molecule has 0 radical (unpaired) electrons. The number of carbonyl (C=O) groups excluding carboxylic acids is 1. The van der Waals surface area contributed by atoms with E-state index < -0.39 is 0 Å². The van der Waals surface area contributed by atoms with Crippen LogP contribution in [0.4, 0.5) is 10.1 Å². The highest BCUT2D eigenvalue weighted by molar-refractivity contribution is 5.90. The molecule has 2 rings (SSSR count). The number of halogens is 1. The van der Waals surface area contributed by atoms with Crippen LogP contribution in [0, 0.1) is 12.7 Å². The van der Waals surface area contributed by atoms with Gasteiger partial charge in [0, 0.05) is 11.7 Å². The fraction of sp³-hybridized carbons (Fsp3) is 0.235. The molecule has 1 atom stereocenters. The zero-order valence-electron chi connectivity index (χ0n) is 12.3. The number of anilines is 1. The molecule has 0 fully saturated rings. The Labute approximate surface area is 123 Å². The Morgan fingerprint density at radius 1 is 1.24 bits per heavy atom. The molecule has 0 aliphatic carbocycles. The first-order chi connectivity index (χ1) is 10.0. The lowest BCUT2D eigenvalue weighted by Crippen LogP contribution is -2.08. The summed E-state index contributed by atoms with van der Waals surface area (Å²) in [4.78, 5) is 11.5. The predicted molar refractivity (Wildman–Crippen MR) is 81.0 cm³/mol. The third-order valence-corrected chi connectivity index (χ3v) is 3.36. The Morgan fingerprint density at radius 3 is 2.67 bits per heavy atom. The van der Waals surface area contributed by atoms with Gasteiger partial charge in [0.1, 0.15) is 5.82 Å². The van der Waals surface area contributed by atoms with Gasteiger partial charge in [0.15, 0.2) is 0 Å². The molecule has 0 spiro atoms. The van der Waals surface area contributed by atoms with Gasteiger partial charge in [0.05, 0.1) is 12.7 Å². The summed E-state index contributed by atoms with van der Waals surface area (Å²) in [5.41, 5.74) is 2.73. The average Bonchev–Trinajstić information content (AvgIpc) is 2.49. The molecule has 2 aromatic rings. The van der Waals surface area contributed by atoms with Gasteiger partial charge in [-0.2, -0.15) is 0 Å². The van der Waals surface area contributed by atoms with Gasteiger partial charge < -0.3 is 10.1 Å². The zero-order chi connectivity index (χ0) is 15.4. The van der Waals surface area contributed by atoms with Gasteiger partial charge in [0.25, 0.3) is 0 Å². The normalized spacial score (nSPS) is 11.8. The largest absolute Gasteiger partial charge is 0.465 e. The maximum atomic E-state index is 13.6. The molecule has 110 valence electrons. The first-order valence-corrected chi connectivity index (χ1v) is 6.72. The van der Waals surface area contributed by atoms with E-state index >= 15 is 0 Å². The SMILES string of the molecule is COC(=O)c1cccc(NC(C)c2ccc(C)c(F)c2)c1. The second-order valence-corrected chi connectivity index (χ2v) is 4.95. The number of esters is 1. The van der Waals surface area contributed by atoms with E-state index in [1.165, 1.54) is 13.2 Å². The molecular weight excluding hydrogens is 269 g/mol. The Hall–Kier alpha value is -2.36. The summed E-state index contributed by atoms with van der Waals surface area (Å²) in [5.74, 6) is -0.600. The van der Waals surface area contributed by atoms with Crippen molar-refractivity contribution in [2.24, 2.45) is 0 Å². The van der Waals surface area contributed by atoms with Crippen LogP contribution < -0.4 is 5.32 Å². The fourth-order valence-corrected chi connectivity index (χ4v) is 2.07. The van der Waals surface area contributed by atoms with Crippen molar-refractivity contribution in [1.82, 2.24) is 0 Å². The number of nitrogens with one attached hydrogen (secondary N) is 1. The summed E-state index contributed by atoms with van der Waals surface area (Å²) in [5, 5.41) is 3.25. The number of methoxy groups -OCH3 is 1. The molecular formula is C17H18FNO2. The molecule has 1 N–H and O–H groups in total. The molecule has 3 nitrogen and oxygen atoms in total. The standard InChI is InChI=1S/C17H18FNO2/c1-11-7-8-13(10-16(11)18)12(2)19-15-6-4-5-14(9-15)17(20)21-3/h4-10,12,19H,1-3H3. The van der Waals surface area contributed by atoms with Crippen LogP contribution in [0.1, 0.15) is 34.5 Å². The summed E-state index contributed by atoms with van der Waals surface area (Å²) >= 11 is 0. The van der Waals surface area contributed by atoms with Crippen molar-refractivity contribution in [3.05, 3.63) is 65.0 Å². The molecule has 0 saturated heterocycles. The molecule has 0 aromatic heterocycles. The predicted octanol–water partition coefficient (Wildman–Crippen LogP) is 4.09. The van der Waals surface area contributed by atoms with Crippen molar-refractivity contribution in [1.29, 1.82) is 0 Å². The van der Waals surface area contributed by atoms with E-state index in [0.717, 1.165) is 11.3 Å². The topological polar surface area (TPSA) is 38.3 Å². The molecule has 0 aliphatic rings. The van der Waals surface area contributed by atoms with Crippen molar-refractivity contribution < 1.29 is 13.9 Å². The molecule has 0 heterocycles. The van der Waals surface area contributed by atoms with E-state index in [2.05, 4.69) is 5.32 Å². The summed E-state index contributed by atoms with van der Waals surface area (Å²) in [6.07, 6.45) is 0. The summed E-state index contributed by atoms with van der Waals surface area (Å²) in [6, 6.07) is 12.1. The smallest absolute Gasteiger partial charge is 0.337 e. The van der Waals surface area contributed by atoms with Gasteiger partial charge in [-0.15, -0.1) is 0 Å². The third-order valence-electron chi connectivity index (χ3n) is 3.36. The van der Waals surface area contributed by atoms with Crippen molar-refractivity contribution in [3.8, 4) is 0 Å². The number of ether oxygens (including phenoxy) is 1. The highest BCUT2D eigenvalue weighted by Gasteiger charge is 2.10. The Balaban J connectivity index is 2.17. The van der Waals surface area contributed by atoms with Crippen LogP contribution in [0.5, 0.6) is 0 Å². The molecule has 0 saturated carbocycles. The van der Waals surface area contributed by atoms with Crippen LogP contribution in [0.25, 0.3) is 0 Å². The number of carbonyl (C=O) groups is 1. The van der Waals surface area contributed by atoms with Crippen LogP contribution in [0.3, 0.4) is 0 Å². The van der Waals surface area contributed by atoms with Crippen LogP contribution >= 0.6 is 0 Å². The molecule has 0 aliphatic heterocycles. The van der Waals surface area contributed by atoms with E-state index in [4.69, 9.17) is 4.74 Å². The van der Waals surface area contributed by atoms with Crippen LogP contribution in [-0.4, -0.2) is 13.1 Å². The second kappa shape index (κ2) is 6.39. The number of rotatable bonds is 4. The van der Waals surface area contributed by atoms with E-state index in [9.17, 15) is 9.18 Å². The monoisotopic (exact) mass is 287 g/mol. The average molecular weight is 287 g/mol. The van der Waals surface area contributed by atoms with Gasteiger partial charge >= 0.3 is 5.97 Å². The zero-order valence-corrected chi connectivity index (χ0v) is 12.3. The maximum Gasteiger partial charge on any atom is 0.337 e. The van der Waals surface area contributed by atoms with Gasteiger partial charge in [-0.05, 0) is 49.2 Å². The molecule has 2 aromatic carbocycles. The van der Waals surface area contributed by atoms with Crippen molar-refractivity contribution >= 4 is 11.7 Å². The minimum atomic E-state index is -0.382. The molecule has 1 unspecified atom stereocenters. The maximum absolute atomic E-state index is 13.6. The first kappa shape index (κ1) is 15.0. The van der Waals surface area contributed by atoms with Crippen molar-refractivity contribution in [2.45, 2.75) is 19.9 Å². The van der Waals surface area contributed by atoms with Crippen LogP contribution in [0.2, 0.25) is 0 Å². The lowest BCUT2D eigenvalue weighted by Gasteiger charge is -2.16. The summed E-state index contributed by atoms with van der Waals surface area (Å²) in [6.45, 7) is 3.67. The van der Waals surface area contributed by atoms with Gasteiger partial charge in [0.2, 0.25) is 0 Å². The number of hydrogen-bond acceptors (Lipinski definition) is 3. The quantitative estimate of drug-likeness (QED) is 0.861. The van der Waals surface area contributed by atoms with Gasteiger partial charge in [-0.25, -0.2) is 9.18 Å². The first-order valence-electron chi connectivity index (χ1n) is 6.72. The minimum absolute atomic E-state index is 0.0759. The number of benzene rings is 2. The van der Waals surface area contributed by atoms with E-state index in [1.54, 1.807) is 31.2 Å². The third kappa shape index (κ3) is 3.60. The van der Waals surface area contributed by atoms with E-state index in [-0.39, 0.29) is 17.8 Å². The van der Waals surface area contributed by atoms with E-state index in [0.29, 0.717) is 11.1 Å².